The molecule has 8 nitrogen and oxygen atoms in total. The summed E-state index contributed by atoms with van der Waals surface area (Å²) in [4.78, 5) is 37.9. The minimum absolute atomic E-state index is 0.0716. The summed E-state index contributed by atoms with van der Waals surface area (Å²) >= 11 is 5.78. The molecule has 1 aromatic carbocycles. The molecule has 2 aromatic rings. The summed E-state index contributed by atoms with van der Waals surface area (Å²) in [5.74, 6) is -0.216. The van der Waals surface area contributed by atoms with Gasteiger partial charge in [-0.15, -0.1) is 0 Å². The first-order chi connectivity index (χ1) is 11.1. The Morgan fingerprint density at radius 3 is 2.78 bits per heavy atom. The van der Waals surface area contributed by atoms with Crippen LogP contribution in [0.5, 0.6) is 5.75 Å². The number of ether oxygens (including phenoxy) is 1. The molecule has 0 aliphatic carbocycles. The Morgan fingerprint density at radius 2 is 2.13 bits per heavy atom. The number of aromatic nitrogens is 2. The summed E-state index contributed by atoms with van der Waals surface area (Å²) < 4.78 is 6.49. The van der Waals surface area contributed by atoms with Gasteiger partial charge in [-0.2, -0.15) is 0 Å². The number of rotatable bonds is 7. The van der Waals surface area contributed by atoms with Gasteiger partial charge in [0.05, 0.1) is 12.7 Å². The van der Waals surface area contributed by atoms with Crippen LogP contribution < -0.4 is 21.0 Å². The van der Waals surface area contributed by atoms with Gasteiger partial charge in [-0.25, -0.2) is 4.68 Å². The lowest BCUT2D eigenvalue weighted by atomic mass is 10.3. The Hall–Kier alpha value is -2.87. The summed E-state index contributed by atoms with van der Waals surface area (Å²) in [5.41, 5.74) is 1.86. The van der Waals surface area contributed by atoms with Gasteiger partial charge in [0.15, 0.2) is 6.10 Å². The van der Waals surface area contributed by atoms with Gasteiger partial charge in [0.1, 0.15) is 5.75 Å². The molecule has 0 radical (unpaired) electrons. The lowest BCUT2D eigenvalue weighted by Gasteiger charge is -2.18. The first-order valence-electron chi connectivity index (χ1n) is 6.53. The van der Waals surface area contributed by atoms with Crippen LogP contribution in [0.25, 0.3) is 0 Å². The van der Waals surface area contributed by atoms with Gasteiger partial charge in [0, 0.05) is 17.4 Å². The first kappa shape index (κ1) is 16.5. The predicted octanol–water partition coefficient (Wildman–Crippen LogP) is 0.160. The fraction of sp³-hybridized carbons (Fsp3) is 0.143. The van der Waals surface area contributed by atoms with Crippen molar-refractivity contribution in [2.75, 3.05) is 12.0 Å². The molecule has 0 aliphatic heterocycles. The van der Waals surface area contributed by atoms with Gasteiger partial charge in [-0.3, -0.25) is 24.8 Å². The van der Waals surface area contributed by atoms with E-state index in [0.717, 1.165) is 10.9 Å². The molecule has 2 rings (SSSR count). The molecular weight excluding hydrogens is 324 g/mol. The zero-order valence-electron chi connectivity index (χ0n) is 11.8. The molecule has 1 atom stereocenters. The van der Waals surface area contributed by atoms with Crippen molar-refractivity contribution in [1.82, 2.24) is 15.0 Å². The lowest BCUT2D eigenvalue weighted by Crippen LogP contribution is -2.45. The number of nitrogens with one attached hydrogen (secondary N) is 2. The fourth-order valence-electron chi connectivity index (χ4n) is 1.65. The molecule has 0 bridgehead atoms. The van der Waals surface area contributed by atoms with Crippen LogP contribution in [-0.4, -0.2) is 34.6 Å². The highest BCUT2D eigenvalue weighted by Crippen LogP contribution is 2.16. The van der Waals surface area contributed by atoms with Crippen LogP contribution >= 0.6 is 11.6 Å². The molecule has 0 saturated carbocycles. The summed E-state index contributed by atoms with van der Waals surface area (Å²) in [7, 11) is 0. The van der Waals surface area contributed by atoms with E-state index in [1.165, 1.54) is 12.4 Å². The fourth-order valence-corrected chi connectivity index (χ4v) is 1.78. The van der Waals surface area contributed by atoms with Gasteiger partial charge in [-0.1, -0.05) is 11.6 Å². The Bertz CT molecular complexity index is 732. The monoisotopic (exact) mass is 336 g/mol. The van der Waals surface area contributed by atoms with Crippen LogP contribution in [0.3, 0.4) is 0 Å². The third kappa shape index (κ3) is 4.82. The van der Waals surface area contributed by atoms with Crippen molar-refractivity contribution in [3.05, 3.63) is 58.2 Å². The van der Waals surface area contributed by atoms with Crippen LogP contribution in [0, 0.1) is 0 Å². The van der Waals surface area contributed by atoms with E-state index in [1.54, 1.807) is 24.3 Å². The van der Waals surface area contributed by atoms with E-state index < -0.39 is 17.6 Å². The lowest BCUT2D eigenvalue weighted by molar-refractivity contribution is -0.123. The van der Waals surface area contributed by atoms with Gasteiger partial charge in [0.25, 0.3) is 11.5 Å². The highest BCUT2D eigenvalue weighted by molar-refractivity contribution is 6.30. The predicted molar refractivity (Wildman–Crippen MR) is 82.8 cm³/mol. The highest BCUT2D eigenvalue weighted by Gasteiger charge is 2.21. The van der Waals surface area contributed by atoms with Crippen LogP contribution in [-0.2, 0) is 9.59 Å². The number of halogens is 1. The molecule has 1 unspecified atom stereocenters. The van der Waals surface area contributed by atoms with Gasteiger partial charge in [0.2, 0.25) is 6.41 Å². The van der Waals surface area contributed by atoms with Crippen molar-refractivity contribution in [3.63, 3.8) is 0 Å². The van der Waals surface area contributed by atoms with E-state index in [-0.39, 0.29) is 6.54 Å². The van der Waals surface area contributed by atoms with E-state index in [0.29, 0.717) is 17.2 Å². The average molecular weight is 337 g/mol. The molecule has 0 aliphatic rings. The first-order valence-corrected chi connectivity index (χ1v) is 6.91. The quantitative estimate of drug-likeness (QED) is 0.701. The maximum absolute atomic E-state index is 12.2. The second-order valence-electron chi connectivity index (χ2n) is 4.35. The summed E-state index contributed by atoms with van der Waals surface area (Å²) in [5, 5.41) is 2.89. The molecule has 9 heteroatoms. The van der Waals surface area contributed by atoms with Gasteiger partial charge >= 0.3 is 0 Å². The highest BCUT2D eigenvalue weighted by atomic mass is 35.5. The normalized spacial score (nSPS) is 11.3. The smallest absolute Gasteiger partial charge is 0.287 e. The molecule has 2 amide bonds. The van der Waals surface area contributed by atoms with Crippen molar-refractivity contribution < 1.29 is 14.3 Å². The van der Waals surface area contributed by atoms with E-state index in [1.807, 2.05) is 0 Å². The Labute approximate surface area is 136 Å². The van der Waals surface area contributed by atoms with E-state index in [2.05, 4.69) is 15.7 Å². The summed E-state index contributed by atoms with van der Waals surface area (Å²) in [6.45, 7) is -0.0716. The number of hydrogen-bond donors (Lipinski definition) is 2. The Balaban J connectivity index is 2.11. The topological polar surface area (TPSA) is 102 Å². The maximum Gasteiger partial charge on any atom is 0.287 e. The summed E-state index contributed by atoms with van der Waals surface area (Å²) in [6.07, 6.45) is 3.11. The van der Waals surface area contributed by atoms with Gasteiger partial charge < -0.3 is 10.1 Å². The minimum atomic E-state index is -1.04. The van der Waals surface area contributed by atoms with E-state index in [4.69, 9.17) is 16.3 Å². The minimum Gasteiger partial charge on any atom is -0.479 e. The number of carbonyl (C=O) groups excluding carboxylic acids is 2. The maximum atomic E-state index is 12.2. The molecule has 120 valence electrons. The molecule has 1 heterocycles. The number of carbonyl (C=O) groups is 2. The largest absolute Gasteiger partial charge is 0.479 e. The molecule has 0 spiro atoms. The molecular formula is C14H13ClN4O4. The average Bonchev–Trinajstić information content (AvgIpc) is 2.55. The molecule has 1 aromatic heterocycles. The van der Waals surface area contributed by atoms with Crippen molar-refractivity contribution in [1.29, 1.82) is 0 Å². The zero-order valence-corrected chi connectivity index (χ0v) is 12.6. The Morgan fingerprint density at radius 1 is 1.39 bits per heavy atom. The second kappa shape index (κ2) is 7.95. The number of benzene rings is 1. The third-order valence-electron chi connectivity index (χ3n) is 2.73. The number of nitrogens with zero attached hydrogens (tertiary/aromatic N) is 2. The Kier molecular flexibility index (Phi) is 5.70. The summed E-state index contributed by atoms with van der Waals surface area (Å²) in [6, 6.07) is 6.38. The van der Waals surface area contributed by atoms with Crippen LogP contribution in [0.15, 0.2) is 47.7 Å². The van der Waals surface area contributed by atoms with Crippen LogP contribution in [0.4, 0.5) is 0 Å². The van der Waals surface area contributed by atoms with Crippen molar-refractivity contribution in [2.45, 2.75) is 6.10 Å². The molecule has 0 fully saturated rings. The number of hydrogen-bond acceptors (Lipinski definition) is 5. The van der Waals surface area contributed by atoms with Crippen molar-refractivity contribution in [3.8, 4) is 5.75 Å². The zero-order chi connectivity index (χ0) is 16.7. The van der Waals surface area contributed by atoms with Crippen LogP contribution in [0.2, 0.25) is 5.02 Å². The molecule has 0 saturated heterocycles. The van der Waals surface area contributed by atoms with E-state index >= 15 is 0 Å². The molecule has 23 heavy (non-hydrogen) atoms. The molecule has 2 N–H and O–H groups in total. The third-order valence-corrected chi connectivity index (χ3v) is 2.98. The van der Waals surface area contributed by atoms with E-state index in [9.17, 15) is 14.4 Å². The second-order valence-corrected chi connectivity index (χ2v) is 4.78. The SMILES string of the molecule is O=CNCC(Oc1ccc(Cl)cc1)C(=O)Nn1ccncc1=O. The van der Waals surface area contributed by atoms with Gasteiger partial charge in [-0.05, 0) is 24.3 Å². The van der Waals surface area contributed by atoms with Crippen LogP contribution in [0.1, 0.15) is 0 Å². The van der Waals surface area contributed by atoms with Crippen molar-refractivity contribution in [2.24, 2.45) is 0 Å². The number of amides is 2. The standard InChI is InChI=1S/C14H13ClN4O4/c15-10-1-3-11(4-2-10)23-12(7-17-9-20)14(22)18-19-6-5-16-8-13(19)21/h1-6,8-9,12H,7H2,(H,17,20)(H,18,22). The van der Waals surface area contributed by atoms with Crippen molar-refractivity contribution >= 4 is 23.9 Å².